The Morgan fingerprint density at radius 3 is 2.52 bits per heavy atom. The van der Waals surface area contributed by atoms with E-state index in [1.54, 1.807) is 0 Å². The zero-order valence-corrected chi connectivity index (χ0v) is 13.9. The highest BCUT2D eigenvalue weighted by Gasteiger charge is 2.25. The second-order valence-electron chi connectivity index (χ2n) is 7.25. The highest BCUT2D eigenvalue weighted by Crippen LogP contribution is 2.23. The quantitative estimate of drug-likeness (QED) is 0.876. The molecule has 1 aromatic carbocycles. The highest BCUT2D eigenvalue weighted by molar-refractivity contribution is 5.76. The Balaban J connectivity index is 1.36. The lowest BCUT2D eigenvalue weighted by atomic mass is 9.93. The summed E-state index contributed by atoms with van der Waals surface area (Å²) in [5.74, 6) is 0.766. The van der Waals surface area contributed by atoms with Gasteiger partial charge >= 0.3 is 0 Å². The average Bonchev–Trinajstić information content (AvgIpc) is 2.95. The molecular weight excluding hydrogens is 286 g/mol. The van der Waals surface area contributed by atoms with Crippen molar-refractivity contribution in [1.29, 1.82) is 0 Å². The molecule has 0 spiro atoms. The van der Waals surface area contributed by atoms with Crippen LogP contribution in [0.1, 0.15) is 44.1 Å². The van der Waals surface area contributed by atoms with Gasteiger partial charge in [0.15, 0.2) is 0 Å². The van der Waals surface area contributed by atoms with E-state index in [1.807, 2.05) is 0 Å². The standard InChI is InChI=1S/C19H29N3O/c20-17-6-7-18(13-17)21-19(23)12-15-8-10-22(11-9-15)14-16-4-2-1-3-5-16/h1-5,15,17-18H,6-14,20H2,(H,21,23)/t17-,18-/m1/s1. The molecule has 4 heteroatoms. The van der Waals surface area contributed by atoms with Gasteiger partial charge in [-0.1, -0.05) is 30.3 Å². The van der Waals surface area contributed by atoms with Gasteiger partial charge in [-0.25, -0.2) is 0 Å². The monoisotopic (exact) mass is 315 g/mol. The van der Waals surface area contributed by atoms with Crippen molar-refractivity contribution in [2.24, 2.45) is 11.7 Å². The third-order valence-electron chi connectivity index (χ3n) is 5.27. The predicted octanol–water partition coefficient (Wildman–Crippen LogP) is 2.28. The van der Waals surface area contributed by atoms with Crippen LogP contribution in [0.25, 0.3) is 0 Å². The van der Waals surface area contributed by atoms with Crippen LogP contribution < -0.4 is 11.1 Å². The summed E-state index contributed by atoms with van der Waals surface area (Å²) in [5.41, 5.74) is 7.28. The first-order valence-corrected chi connectivity index (χ1v) is 9.00. The molecule has 1 amide bonds. The summed E-state index contributed by atoms with van der Waals surface area (Å²) in [6, 6.07) is 11.2. The van der Waals surface area contributed by atoms with E-state index in [1.165, 1.54) is 5.56 Å². The Morgan fingerprint density at radius 2 is 1.87 bits per heavy atom. The van der Waals surface area contributed by atoms with Gasteiger partial charge in [-0.15, -0.1) is 0 Å². The van der Waals surface area contributed by atoms with Gasteiger partial charge < -0.3 is 11.1 Å². The number of nitrogens with zero attached hydrogens (tertiary/aromatic N) is 1. The normalized spacial score (nSPS) is 26.3. The van der Waals surface area contributed by atoms with E-state index >= 15 is 0 Å². The van der Waals surface area contributed by atoms with Gasteiger partial charge in [-0.3, -0.25) is 9.69 Å². The molecule has 1 aromatic rings. The highest BCUT2D eigenvalue weighted by atomic mass is 16.1. The van der Waals surface area contributed by atoms with E-state index in [0.717, 1.165) is 51.7 Å². The number of carbonyl (C=O) groups excluding carboxylic acids is 1. The second-order valence-corrected chi connectivity index (χ2v) is 7.25. The Morgan fingerprint density at radius 1 is 1.13 bits per heavy atom. The molecule has 2 fully saturated rings. The van der Waals surface area contributed by atoms with Gasteiger partial charge in [0.05, 0.1) is 0 Å². The smallest absolute Gasteiger partial charge is 0.220 e. The molecule has 1 aliphatic heterocycles. The molecule has 0 radical (unpaired) electrons. The molecule has 1 heterocycles. The van der Waals surface area contributed by atoms with Crippen molar-refractivity contribution in [2.45, 2.75) is 57.2 Å². The molecule has 0 aromatic heterocycles. The van der Waals surface area contributed by atoms with E-state index < -0.39 is 0 Å². The van der Waals surface area contributed by atoms with Crippen molar-refractivity contribution in [2.75, 3.05) is 13.1 Å². The second kappa shape index (κ2) is 7.93. The van der Waals surface area contributed by atoms with E-state index in [2.05, 4.69) is 40.5 Å². The summed E-state index contributed by atoms with van der Waals surface area (Å²) in [7, 11) is 0. The summed E-state index contributed by atoms with van der Waals surface area (Å²) < 4.78 is 0. The van der Waals surface area contributed by atoms with Crippen molar-refractivity contribution in [3.05, 3.63) is 35.9 Å². The lowest BCUT2D eigenvalue weighted by Gasteiger charge is -2.32. The number of amides is 1. The molecular formula is C19H29N3O. The molecule has 2 atom stereocenters. The Kier molecular flexibility index (Phi) is 5.68. The summed E-state index contributed by atoms with van der Waals surface area (Å²) >= 11 is 0. The van der Waals surface area contributed by atoms with Gasteiger partial charge in [0.25, 0.3) is 0 Å². The Bertz CT molecular complexity index is 497. The number of benzene rings is 1. The zero-order valence-electron chi connectivity index (χ0n) is 13.9. The molecule has 23 heavy (non-hydrogen) atoms. The van der Waals surface area contributed by atoms with Crippen molar-refractivity contribution in [3.8, 4) is 0 Å². The maximum atomic E-state index is 12.2. The van der Waals surface area contributed by atoms with Crippen LogP contribution in [0.2, 0.25) is 0 Å². The fraction of sp³-hybridized carbons (Fsp3) is 0.632. The van der Waals surface area contributed by atoms with Crippen molar-refractivity contribution in [3.63, 3.8) is 0 Å². The van der Waals surface area contributed by atoms with E-state index in [9.17, 15) is 4.79 Å². The molecule has 1 saturated carbocycles. The summed E-state index contributed by atoms with van der Waals surface area (Å²) in [6.45, 7) is 3.22. The summed E-state index contributed by atoms with van der Waals surface area (Å²) in [6.07, 6.45) is 5.98. The van der Waals surface area contributed by atoms with Crippen molar-refractivity contribution < 1.29 is 4.79 Å². The third-order valence-corrected chi connectivity index (χ3v) is 5.27. The van der Waals surface area contributed by atoms with Crippen LogP contribution in [-0.4, -0.2) is 36.0 Å². The largest absolute Gasteiger partial charge is 0.353 e. The number of carbonyl (C=O) groups is 1. The van der Waals surface area contributed by atoms with Crippen LogP contribution in [-0.2, 0) is 11.3 Å². The lowest BCUT2D eigenvalue weighted by molar-refractivity contribution is -0.123. The van der Waals surface area contributed by atoms with Crippen LogP contribution in [0, 0.1) is 5.92 Å². The lowest BCUT2D eigenvalue weighted by Crippen LogP contribution is -2.38. The minimum Gasteiger partial charge on any atom is -0.353 e. The molecule has 0 bridgehead atoms. The number of nitrogens with two attached hydrogens (primary N) is 1. The van der Waals surface area contributed by atoms with E-state index in [0.29, 0.717) is 18.4 Å². The topological polar surface area (TPSA) is 58.4 Å². The SMILES string of the molecule is N[C@@H]1CC[C@@H](NC(=O)CC2CCN(Cc3ccccc3)CC2)C1. The predicted molar refractivity (Wildman–Crippen MR) is 92.8 cm³/mol. The number of piperidine rings is 1. The minimum absolute atomic E-state index is 0.227. The van der Waals surface area contributed by atoms with Gasteiger partial charge in [0.1, 0.15) is 0 Å². The number of likely N-dealkylation sites (tertiary alicyclic amines) is 1. The van der Waals surface area contributed by atoms with Crippen molar-refractivity contribution in [1.82, 2.24) is 10.2 Å². The average molecular weight is 315 g/mol. The van der Waals surface area contributed by atoms with Crippen LogP contribution >= 0.6 is 0 Å². The Labute approximate surface area is 139 Å². The van der Waals surface area contributed by atoms with Crippen molar-refractivity contribution >= 4 is 5.91 Å². The van der Waals surface area contributed by atoms with Crippen LogP contribution in [0.15, 0.2) is 30.3 Å². The molecule has 2 aliphatic rings. The third kappa shape index (κ3) is 5.05. The molecule has 0 unspecified atom stereocenters. The minimum atomic E-state index is 0.227. The molecule has 4 nitrogen and oxygen atoms in total. The maximum absolute atomic E-state index is 12.2. The van der Waals surface area contributed by atoms with E-state index in [4.69, 9.17) is 5.73 Å². The van der Waals surface area contributed by atoms with E-state index in [-0.39, 0.29) is 11.9 Å². The van der Waals surface area contributed by atoms with Crippen LogP contribution in [0.4, 0.5) is 0 Å². The van der Waals surface area contributed by atoms with Gasteiger partial charge in [-0.05, 0) is 56.7 Å². The van der Waals surface area contributed by atoms with Crippen LogP contribution in [0.5, 0.6) is 0 Å². The number of hydrogen-bond acceptors (Lipinski definition) is 3. The number of hydrogen-bond donors (Lipinski definition) is 2. The molecule has 3 rings (SSSR count). The summed E-state index contributed by atoms with van der Waals surface area (Å²) in [5, 5.41) is 3.18. The first-order chi connectivity index (χ1) is 11.2. The molecule has 3 N–H and O–H groups in total. The van der Waals surface area contributed by atoms with Gasteiger partial charge in [-0.2, -0.15) is 0 Å². The first-order valence-electron chi connectivity index (χ1n) is 9.00. The fourth-order valence-electron chi connectivity index (χ4n) is 3.89. The maximum Gasteiger partial charge on any atom is 0.220 e. The number of nitrogens with one attached hydrogen (secondary N) is 1. The molecule has 126 valence electrons. The zero-order chi connectivity index (χ0) is 16.1. The molecule has 1 saturated heterocycles. The molecule has 1 aliphatic carbocycles. The summed E-state index contributed by atoms with van der Waals surface area (Å²) in [4.78, 5) is 14.7. The van der Waals surface area contributed by atoms with Gasteiger partial charge in [0.2, 0.25) is 5.91 Å². The number of rotatable bonds is 5. The first kappa shape index (κ1) is 16.5. The fourth-order valence-corrected chi connectivity index (χ4v) is 3.89. The van der Waals surface area contributed by atoms with Gasteiger partial charge in [0, 0.05) is 25.0 Å². The van der Waals surface area contributed by atoms with Crippen LogP contribution in [0.3, 0.4) is 0 Å². The Hall–Kier alpha value is -1.39.